The Labute approximate surface area is 117 Å². The van der Waals surface area contributed by atoms with Crippen molar-refractivity contribution >= 4 is 15.9 Å². The highest BCUT2D eigenvalue weighted by molar-refractivity contribution is 7.89. The maximum absolute atomic E-state index is 12.9. The second-order valence-corrected chi connectivity index (χ2v) is 6.06. The van der Waals surface area contributed by atoms with Crippen LogP contribution in [0.5, 0.6) is 0 Å². The van der Waals surface area contributed by atoms with Gasteiger partial charge in [-0.1, -0.05) is 0 Å². The van der Waals surface area contributed by atoms with Gasteiger partial charge in [-0.2, -0.15) is 4.31 Å². The Kier molecular flexibility index (Phi) is 6.05. The summed E-state index contributed by atoms with van der Waals surface area (Å²) >= 11 is 0. The van der Waals surface area contributed by atoms with Gasteiger partial charge in [0.2, 0.25) is 10.0 Å². The van der Waals surface area contributed by atoms with Crippen LogP contribution in [0.4, 0.5) is 4.39 Å². The Morgan fingerprint density at radius 2 is 1.95 bits per heavy atom. The average Bonchev–Trinajstić information content (AvgIpc) is 2.38. The molecule has 20 heavy (non-hydrogen) atoms. The number of nitrogens with two attached hydrogens (primary N) is 1. The topological polar surface area (TPSA) is 96.5 Å². The van der Waals surface area contributed by atoms with Crippen LogP contribution in [0.3, 0.4) is 0 Å². The fourth-order valence-electron chi connectivity index (χ4n) is 1.55. The monoisotopic (exact) mass is 303 g/mol. The van der Waals surface area contributed by atoms with Gasteiger partial charge >= 0.3 is 0 Å². The maximum atomic E-state index is 12.9. The number of hydrogen-bond acceptors (Lipinski definition) is 4. The van der Waals surface area contributed by atoms with Crippen LogP contribution in [-0.4, -0.2) is 45.4 Å². The van der Waals surface area contributed by atoms with Gasteiger partial charge in [0.05, 0.1) is 17.3 Å². The zero-order chi connectivity index (χ0) is 15.2. The van der Waals surface area contributed by atoms with Crippen molar-refractivity contribution in [1.82, 2.24) is 4.31 Å². The SMILES string of the molecule is COCCN(CCC(=N)N)S(=O)(=O)c1ccc(F)cc1. The van der Waals surface area contributed by atoms with Gasteiger partial charge in [0, 0.05) is 26.6 Å². The number of nitrogens with one attached hydrogen (secondary N) is 1. The molecule has 0 aliphatic rings. The minimum atomic E-state index is -3.75. The molecule has 0 aliphatic heterocycles. The first-order valence-corrected chi connectivity index (χ1v) is 7.39. The van der Waals surface area contributed by atoms with Crippen LogP contribution >= 0.6 is 0 Å². The van der Waals surface area contributed by atoms with Crippen LogP contribution in [0, 0.1) is 11.2 Å². The minimum absolute atomic E-state index is 0.00134. The van der Waals surface area contributed by atoms with E-state index in [1.54, 1.807) is 0 Å². The van der Waals surface area contributed by atoms with Crippen molar-refractivity contribution in [3.05, 3.63) is 30.1 Å². The molecule has 1 aromatic carbocycles. The molecule has 112 valence electrons. The molecule has 0 saturated heterocycles. The standard InChI is InChI=1S/C12H18FN3O3S/c1-19-9-8-16(7-6-12(14)15)20(17,18)11-4-2-10(13)3-5-11/h2-5H,6-9H2,1H3,(H3,14,15). The van der Waals surface area contributed by atoms with Crippen molar-refractivity contribution in [2.24, 2.45) is 5.73 Å². The molecule has 0 radical (unpaired) electrons. The number of sulfonamides is 1. The summed E-state index contributed by atoms with van der Waals surface area (Å²) < 4.78 is 43.7. The fraction of sp³-hybridized carbons (Fsp3) is 0.417. The van der Waals surface area contributed by atoms with Crippen LogP contribution in [0.1, 0.15) is 6.42 Å². The number of rotatable bonds is 8. The van der Waals surface area contributed by atoms with E-state index in [0.717, 1.165) is 12.1 Å². The predicted molar refractivity (Wildman–Crippen MR) is 73.6 cm³/mol. The number of halogens is 1. The Balaban J connectivity index is 2.96. The minimum Gasteiger partial charge on any atom is -0.388 e. The van der Waals surface area contributed by atoms with E-state index in [-0.39, 0.29) is 36.8 Å². The Hall–Kier alpha value is -1.51. The molecule has 0 amide bonds. The summed E-state index contributed by atoms with van der Waals surface area (Å²) in [7, 11) is -2.29. The third kappa shape index (κ3) is 4.55. The number of methoxy groups -OCH3 is 1. The summed E-state index contributed by atoms with van der Waals surface area (Å²) in [6.45, 7) is 0.445. The summed E-state index contributed by atoms with van der Waals surface area (Å²) in [5, 5.41) is 7.18. The first-order chi connectivity index (χ1) is 9.37. The molecule has 0 heterocycles. The smallest absolute Gasteiger partial charge is 0.243 e. The van der Waals surface area contributed by atoms with E-state index in [4.69, 9.17) is 15.9 Å². The zero-order valence-electron chi connectivity index (χ0n) is 11.2. The van der Waals surface area contributed by atoms with E-state index in [2.05, 4.69) is 0 Å². The second kappa shape index (κ2) is 7.32. The summed E-state index contributed by atoms with van der Waals surface area (Å²) in [6.07, 6.45) is 0.129. The van der Waals surface area contributed by atoms with Crippen LogP contribution in [0.15, 0.2) is 29.2 Å². The van der Waals surface area contributed by atoms with E-state index >= 15 is 0 Å². The molecule has 8 heteroatoms. The molecule has 0 fully saturated rings. The van der Waals surface area contributed by atoms with Gasteiger partial charge in [-0.05, 0) is 24.3 Å². The second-order valence-electron chi connectivity index (χ2n) is 4.13. The summed E-state index contributed by atoms with van der Waals surface area (Å²) in [6, 6.07) is 4.59. The lowest BCUT2D eigenvalue weighted by Crippen LogP contribution is -2.36. The number of nitrogens with zero attached hydrogens (tertiary/aromatic N) is 1. The predicted octanol–water partition coefficient (Wildman–Crippen LogP) is 0.789. The van der Waals surface area contributed by atoms with E-state index in [9.17, 15) is 12.8 Å². The lowest BCUT2D eigenvalue weighted by atomic mass is 10.4. The van der Waals surface area contributed by atoms with Gasteiger partial charge in [0.1, 0.15) is 5.82 Å². The molecule has 0 atom stereocenters. The van der Waals surface area contributed by atoms with Crippen LogP contribution in [-0.2, 0) is 14.8 Å². The van der Waals surface area contributed by atoms with Crippen LogP contribution < -0.4 is 5.73 Å². The molecule has 1 aromatic rings. The first-order valence-electron chi connectivity index (χ1n) is 5.95. The summed E-state index contributed by atoms with van der Waals surface area (Å²) in [4.78, 5) is -0.00134. The van der Waals surface area contributed by atoms with Gasteiger partial charge in [-0.25, -0.2) is 12.8 Å². The highest BCUT2D eigenvalue weighted by Gasteiger charge is 2.24. The van der Waals surface area contributed by atoms with Gasteiger partial charge in [-0.3, -0.25) is 5.41 Å². The van der Waals surface area contributed by atoms with Crippen molar-refractivity contribution in [3.8, 4) is 0 Å². The number of benzene rings is 1. The summed E-state index contributed by atoms with van der Waals surface area (Å²) in [5.41, 5.74) is 5.25. The molecular weight excluding hydrogens is 285 g/mol. The van der Waals surface area contributed by atoms with Crippen molar-refractivity contribution in [3.63, 3.8) is 0 Å². The van der Waals surface area contributed by atoms with Crippen molar-refractivity contribution < 1.29 is 17.5 Å². The lowest BCUT2D eigenvalue weighted by Gasteiger charge is -2.21. The van der Waals surface area contributed by atoms with Gasteiger partial charge in [0.25, 0.3) is 0 Å². The molecule has 0 bridgehead atoms. The Morgan fingerprint density at radius 3 is 2.45 bits per heavy atom. The van der Waals surface area contributed by atoms with Gasteiger partial charge in [-0.15, -0.1) is 0 Å². The van der Waals surface area contributed by atoms with Crippen molar-refractivity contribution in [1.29, 1.82) is 5.41 Å². The molecule has 0 spiro atoms. The van der Waals surface area contributed by atoms with E-state index in [1.807, 2.05) is 0 Å². The lowest BCUT2D eigenvalue weighted by molar-refractivity contribution is 0.179. The molecule has 0 saturated carbocycles. The highest BCUT2D eigenvalue weighted by atomic mass is 32.2. The maximum Gasteiger partial charge on any atom is 0.243 e. The Bertz CT molecular complexity index is 546. The molecule has 0 aromatic heterocycles. The van der Waals surface area contributed by atoms with Gasteiger partial charge < -0.3 is 10.5 Å². The third-order valence-electron chi connectivity index (χ3n) is 2.63. The van der Waals surface area contributed by atoms with Gasteiger partial charge in [0.15, 0.2) is 0 Å². The van der Waals surface area contributed by atoms with Crippen molar-refractivity contribution in [2.75, 3.05) is 26.8 Å². The van der Waals surface area contributed by atoms with E-state index in [1.165, 1.54) is 23.5 Å². The number of ether oxygens (including phenoxy) is 1. The molecule has 0 aliphatic carbocycles. The van der Waals surface area contributed by atoms with Crippen molar-refractivity contribution in [2.45, 2.75) is 11.3 Å². The highest BCUT2D eigenvalue weighted by Crippen LogP contribution is 2.16. The molecular formula is C12H18FN3O3S. The quantitative estimate of drug-likeness (QED) is 0.548. The number of amidine groups is 1. The van der Waals surface area contributed by atoms with E-state index < -0.39 is 15.8 Å². The Morgan fingerprint density at radius 1 is 1.35 bits per heavy atom. The average molecular weight is 303 g/mol. The third-order valence-corrected chi connectivity index (χ3v) is 4.54. The van der Waals surface area contributed by atoms with Crippen LogP contribution in [0.2, 0.25) is 0 Å². The normalized spacial score (nSPS) is 11.8. The molecule has 0 unspecified atom stereocenters. The molecule has 1 rings (SSSR count). The molecule has 3 N–H and O–H groups in total. The van der Waals surface area contributed by atoms with Crippen LogP contribution in [0.25, 0.3) is 0 Å². The largest absolute Gasteiger partial charge is 0.388 e. The summed E-state index contributed by atoms with van der Waals surface area (Å²) in [5.74, 6) is -0.599. The zero-order valence-corrected chi connectivity index (χ0v) is 12.0. The van der Waals surface area contributed by atoms with E-state index in [0.29, 0.717) is 0 Å². The first kappa shape index (κ1) is 16.5. The fourth-order valence-corrected chi connectivity index (χ4v) is 2.97. The molecule has 6 nitrogen and oxygen atoms in total. The number of hydrogen-bond donors (Lipinski definition) is 2.